The van der Waals surface area contributed by atoms with E-state index in [1.807, 2.05) is 27.7 Å². The molecule has 9 nitrogen and oxygen atoms in total. The predicted molar refractivity (Wildman–Crippen MR) is 134 cm³/mol. The van der Waals surface area contributed by atoms with E-state index in [9.17, 15) is 14.4 Å². The number of esters is 1. The van der Waals surface area contributed by atoms with Crippen LogP contribution in [0.25, 0.3) is 0 Å². The number of aromatic nitrogens is 1. The topological polar surface area (TPSA) is 124 Å². The van der Waals surface area contributed by atoms with Gasteiger partial charge in [0.25, 0.3) is 0 Å². The highest BCUT2D eigenvalue weighted by Crippen LogP contribution is 2.26. The third kappa shape index (κ3) is 8.87. The van der Waals surface area contributed by atoms with E-state index in [2.05, 4.69) is 10.3 Å². The highest BCUT2D eigenvalue weighted by molar-refractivity contribution is 7.09. The molecule has 0 bridgehead atoms. The molecular formula is C24H42N4O5S. The number of alkyl carbamates (subject to hydrolysis) is 1. The normalized spacial score (nSPS) is 15.3. The minimum absolute atomic E-state index is 0.0879. The highest BCUT2D eigenvalue weighted by Gasteiger charge is 2.35. The van der Waals surface area contributed by atoms with Gasteiger partial charge in [-0.05, 0) is 46.0 Å². The number of nitrogens with two attached hydrogens (primary N) is 1. The molecule has 0 radical (unpaired) electrons. The van der Waals surface area contributed by atoms with Gasteiger partial charge in [-0.15, -0.1) is 11.3 Å². The third-order valence-corrected chi connectivity index (χ3v) is 6.56. The summed E-state index contributed by atoms with van der Waals surface area (Å²) in [6, 6.07) is -1.39. The molecule has 0 aliphatic heterocycles. The van der Waals surface area contributed by atoms with Crippen LogP contribution in [0.5, 0.6) is 0 Å². The van der Waals surface area contributed by atoms with E-state index >= 15 is 0 Å². The lowest BCUT2D eigenvalue weighted by molar-refractivity contribution is -0.136. The molecule has 34 heavy (non-hydrogen) atoms. The molecule has 0 aliphatic carbocycles. The summed E-state index contributed by atoms with van der Waals surface area (Å²) in [5.41, 5.74) is 6.01. The number of amides is 2. The zero-order chi connectivity index (χ0) is 26.2. The molecule has 0 saturated heterocycles. The SMILES string of the molecule is CCOC(=O)c1csc([C@H](N)C[C@H](C(C)C)N(C)C(=O)[C@@H](NC(=O)OC(C)(C)C)C(C)CC)n1. The number of likely N-dealkylation sites (N-methyl/N-ethyl adjacent to an activating group) is 1. The summed E-state index contributed by atoms with van der Waals surface area (Å²) >= 11 is 1.30. The first-order valence-electron chi connectivity index (χ1n) is 11.9. The molecular weight excluding hydrogens is 456 g/mol. The largest absolute Gasteiger partial charge is 0.461 e. The Morgan fingerprint density at radius 1 is 1.21 bits per heavy atom. The summed E-state index contributed by atoms with van der Waals surface area (Å²) in [5, 5.41) is 5.01. The summed E-state index contributed by atoms with van der Waals surface area (Å²) in [7, 11) is 1.73. The molecule has 0 spiro atoms. The molecule has 0 aliphatic rings. The zero-order valence-electron chi connectivity index (χ0n) is 22.0. The summed E-state index contributed by atoms with van der Waals surface area (Å²) in [4.78, 5) is 43.9. The van der Waals surface area contributed by atoms with E-state index in [4.69, 9.17) is 15.2 Å². The Labute approximate surface area is 207 Å². The molecule has 2 amide bonds. The molecule has 0 fully saturated rings. The summed E-state index contributed by atoms with van der Waals surface area (Å²) in [6.45, 7) is 15.3. The second-order valence-electron chi connectivity index (χ2n) is 9.90. The lowest BCUT2D eigenvalue weighted by Gasteiger charge is -2.36. The number of hydrogen-bond donors (Lipinski definition) is 2. The molecule has 1 aromatic heterocycles. The van der Waals surface area contributed by atoms with Crippen molar-refractivity contribution in [1.82, 2.24) is 15.2 Å². The monoisotopic (exact) mass is 498 g/mol. The highest BCUT2D eigenvalue weighted by atomic mass is 32.1. The van der Waals surface area contributed by atoms with Crippen molar-refractivity contribution >= 4 is 29.3 Å². The van der Waals surface area contributed by atoms with Crippen LogP contribution in [0.4, 0.5) is 4.79 Å². The fraction of sp³-hybridized carbons (Fsp3) is 0.750. The fourth-order valence-electron chi connectivity index (χ4n) is 3.50. The van der Waals surface area contributed by atoms with Crippen molar-refractivity contribution in [3.05, 3.63) is 16.1 Å². The van der Waals surface area contributed by atoms with Crippen molar-refractivity contribution in [3.8, 4) is 0 Å². The second kappa shape index (κ2) is 13.0. The maximum absolute atomic E-state index is 13.5. The number of carbonyl (C=O) groups excluding carboxylic acids is 3. The number of rotatable bonds is 11. The maximum Gasteiger partial charge on any atom is 0.408 e. The second-order valence-corrected chi connectivity index (χ2v) is 10.8. The Balaban J connectivity index is 3.02. The van der Waals surface area contributed by atoms with Gasteiger partial charge < -0.3 is 25.4 Å². The Morgan fingerprint density at radius 3 is 2.32 bits per heavy atom. The Kier molecular flexibility index (Phi) is 11.4. The van der Waals surface area contributed by atoms with Gasteiger partial charge in [0.05, 0.1) is 12.6 Å². The number of thiazole rings is 1. The van der Waals surface area contributed by atoms with Gasteiger partial charge in [0.1, 0.15) is 16.7 Å². The molecule has 1 unspecified atom stereocenters. The van der Waals surface area contributed by atoms with Crippen molar-refractivity contribution in [2.75, 3.05) is 13.7 Å². The van der Waals surface area contributed by atoms with E-state index in [1.165, 1.54) is 11.3 Å². The van der Waals surface area contributed by atoms with Crippen LogP contribution in [0.1, 0.15) is 89.8 Å². The first-order valence-corrected chi connectivity index (χ1v) is 12.7. The van der Waals surface area contributed by atoms with Crippen LogP contribution in [0.2, 0.25) is 0 Å². The third-order valence-electron chi connectivity index (χ3n) is 5.59. The van der Waals surface area contributed by atoms with Gasteiger partial charge in [0.2, 0.25) is 5.91 Å². The van der Waals surface area contributed by atoms with Gasteiger partial charge in [-0.2, -0.15) is 0 Å². The molecule has 0 saturated carbocycles. The van der Waals surface area contributed by atoms with Gasteiger partial charge >= 0.3 is 12.1 Å². The quantitative estimate of drug-likeness (QED) is 0.440. The lowest BCUT2D eigenvalue weighted by Crippen LogP contribution is -2.55. The maximum atomic E-state index is 13.5. The molecule has 0 aromatic carbocycles. The van der Waals surface area contributed by atoms with Crippen molar-refractivity contribution in [2.45, 2.75) is 92.0 Å². The fourth-order valence-corrected chi connectivity index (χ4v) is 4.30. The first-order chi connectivity index (χ1) is 15.7. The molecule has 3 N–H and O–H groups in total. The van der Waals surface area contributed by atoms with Crippen molar-refractivity contribution < 1.29 is 23.9 Å². The van der Waals surface area contributed by atoms with Crippen LogP contribution in [0.15, 0.2) is 5.38 Å². The smallest absolute Gasteiger partial charge is 0.408 e. The van der Waals surface area contributed by atoms with Gasteiger partial charge in [-0.1, -0.05) is 34.1 Å². The van der Waals surface area contributed by atoms with E-state index < -0.39 is 29.7 Å². The minimum Gasteiger partial charge on any atom is -0.461 e. The van der Waals surface area contributed by atoms with Crippen LogP contribution in [-0.4, -0.2) is 59.2 Å². The molecule has 1 heterocycles. The van der Waals surface area contributed by atoms with E-state index in [-0.39, 0.29) is 36.1 Å². The van der Waals surface area contributed by atoms with Gasteiger partial charge in [0.15, 0.2) is 5.69 Å². The summed E-state index contributed by atoms with van der Waals surface area (Å²) < 4.78 is 10.4. The van der Waals surface area contributed by atoms with E-state index in [1.54, 1.807) is 45.0 Å². The Morgan fingerprint density at radius 2 is 1.82 bits per heavy atom. The number of hydrogen-bond acceptors (Lipinski definition) is 8. The summed E-state index contributed by atoms with van der Waals surface area (Å²) in [5.74, 6) is -0.661. The van der Waals surface area contributed by atoms with Crippen molar-refractivity contribution in [3.63, 3.8) is 0 Å². The van der Waals surface area contributed by atoms with Crippen LogP contribution in [-0.2, 0) is 14.3 Å². The number of nitrogens with one attached hydrogen (secondary N) is 1. The molecule has 194 valence electrons. The molecule has 1 rings (SSSR count). The Hall–Kier alpha value is -2.20. The van der Waals surface area contributed by atoms with Gasteiger partial charge in [-0.3, -0.25) is 4.79 Å². The van der Waals surface area contributed by atoms with Crippen LogP contribution in [0.3, 0.4) is 0 Å². The predicted octanol–water partition coefficient (Wildman–Crippen LogP) is 4.13. The molecule has 10 heteroatoms. The van der Waals surface area contributed by atoms with Crippen LogP contribution in [0, 0.1) is 11.8 Å². The minimum atomic E-state index is -0.724. The standard InChI is InChI=1S/C24H42N4O5S/c1-10-15(5)19(27-23(31)33-24(6,7)8)21(29)28(9)18(14(3)4)12-16(25)20-26-17(13-34-20)22(30)32-11-2/h13-16,18-19H,10-12,25H2,1-9H3,(H,27,31)/t15?,16-,18-,19+/m1/s1. The number of ether oxygens (including phenoxy) is 2. The summed E-state index contributed by atoms with van der Waals surface area (Å²) in [6.07, 6.45) is 0.545. The Bertz CT molecular complexity index is 821. The van der Waals surface area contributed by atoms with Crippen LogP contribution >= 0.6 is 11.3 Å². The van der Waals surface area contributed by atoms with Gasteiger partial charge in [-0.25, -0.2) is 14.6 Å². The molecule has 4 atom stereocenters. The van der Waals surface area contributed by atoms with Crippen LogP contribution < -0.4 is 11.1 Å². The number of nitrogens with zero attached hydrogens (tertiary/aromatic N) is 2. The average Bonchev–Trinajstić information content (AvgIpc) is 3.23. The average molecular weight is 499 g/mol. The van der Waals surface area contributed by atoms with Gasteiger partial charge in [0, 0.05) is 18.5 Å². The zero-order valence-corrected chi connectivity index (χ0v) is 22.8. The lowest BCUT2D eigenvalue weighted by atomic mass is 9.93. The van der Waals surface area contributed by atoms with E-state index in [0.29, 0.717) is 17.8 Å². The van der Waals surface area contributed by atoms with Crippen molar-refractivity contribution in [1.29, 1.82) is 0 Å². The molecule has 1 aromatic rings. The van der Waals surface area contributed by atoms with Crippen molar-refractivity contribution in [2.24, 2.45) is 17.6 Å². The first kappa shape index (κ1) is 29.8. The van der Waals surface area contributed by atoms with E-state index in [0.717, 1.165) is 0 Å². The number of carbonyl (C=O) groups is 3.